The molecule has 5 nitrogen and oxygen atoms in total. The Labute approximate surface area is 124 Å². The van der Waals surface area contributed by atoms with Crippen molar-refractivity contribution in [2.45, 2.75) is 25.7 Å². The lowest BCUT2D eigenvalue weighted by Gasteiger charge is -2.27. The van der Waals surface area contributed by atoms with Gasteiger partial charge < -0.3 is 15.0 Å². The van der Waals surface area contributed by atoms with Crippen LogP contribution in [0, 0.1) is 5.92 Å². The van der Waals surface area contributed by atoms with E-state index in [0.717, 1.165) is 25.9 Å². The minimum Gasteiger partial charge on any atom is -0.491 e. The van der Waals surface area contributed by atoms with Crippen molar-refractivity contribution < 1.29 is 14.3 Å². The molecule has 0 spiro atoms. The van der Waals surface area contributed by atoms with Crippen LogP contribution in [0.2, 0.25) is 0 Å². The molecule has 1 atom stereocenters. The lowest BCUT2D eigenvalue weighted by atomic mass is 10.0. The number of nitrogens with zero attached hydrogens (tertiary/aromatic N) is 1. The van der Waals surface area contributed by atoms with Gasteiger partial charge in [0.2, 0.25) is 11.8 Å². The zero-order chi connectivity index (χ0) is 14.7. The normalized spacial score (nSPS) is 21.8. The molecule has 0 bridgehead atoms. The van der Waals surface area contributed by atoms with E-state index >= 15 is 0 Å². The Bertz CT molecular complexity index is 538. The Morgan fingerprint density at radius 2 is 2.00 bits per heavy atom. The quantitative estimate of drug-likeness (QED) is 0.906. The van der Waals surface area contributed by atoms with Gasteiger partial charge in [-0.25, -0.2) is 0 Å². The summed E-state index contributed by atoms with van der Waals surface area (Å²) in [6, 6.07) is 7.35. The molecule has 0 aromatic heterocycles. The minimum atomic E-state index is -0.424. The Hall–Kier alpha value is -2.04. The monoisotopic (exact) mass is 288 g/mol. The molecular formula is C16H20N2O3. The molecule has 2 aliphatic rings. The molecule has 21 heavy (non-hydrogen) atoms. The van der Waals surface area contributed by atoms with Crippen molar-refractivity contribution in [1.82, 2.24) is 4.90 Å². The highest BCUT2D eigenvalue weighted by Gasteiger charge is 2.29. The number of carbonyl (C=O) groups excluding carboxylic acids is 2. The number of hydrogen-bond donors (Lipinski definition) is 1. The van der Waals surface area contributed by atoms with Crippen molar-refractivity contribution in [3.63, 3.8) is 0 Å². The molecule has 0 aliphatic carbocycles. The largest absolute Gasteiger partial charge is 0.491 e. The summed E-state index contributed by atoms with van der Waals surface area (Å²) < 4.78 is 5.67. The van der Waals surface area contributed by atoms with Gasteiger partial charge in [-0.3, -0.25) is 9.59 Å². The average Bonchev–Trinajstić information content (AvgIpc) is 2.67. The highest BCUT2D eigenvalue weighted by molar-refractivity contribution is 5.97. The third kappa shape index (κ3) is 3.17. The van der Waals surface area contributed by atoms with Crippen molar-refractivity contribution in [1.29, 1.82) is 0 Å². The molecule has 1 saturated heterocycles. The first-order valence-corrected chi connectivity index (χ1v) is 7.54. The smallest absolute Gasteiger partial charge is 0.231 e. The van der Waals surface area contributed by atoms with Crippen molar-refractivity contribution in [3.8, 4) is 5.75 Å². The number of amides is 2. The summed E-state index contributed by atoms with van der Waals surface area (Å²) in [6.45, 7) is 1.88. The number of anilines is 1. The lowest BCUT2D eigenvalue weighted by molar-refractivity contribution is -0.136. The maximum absolute atomic E-state index is 12.3. The molecule has 0 radical (unpaired) electrons. The topological polar surface area (TPSA) is 58.6 Å². The summed E-state index contributed by atoms with van der Waals surface area (Å²) in [7, 11) is 0. The summed E-state index contributed by atoms with van der Waals surface area (Å²) in [5.74, 6) is 0.167. The van der Waals surface area contributed by atoms with Crippen LogP contribution in [-0.2, 0) is 9.59 Å². The van der Waals surface area contributed by atoms with Gasteiger partial charge in [0.25, 0.3) is 0 Å². The molecule has 112 valence electrons. The summed E-state index contributed by atoms with van der Waals surface area (Å²) in [5.41, 5.74) is 0.676. The molecule has 2 amide bonds. The van der Waals surface area contributed by atoms with Gasteiger partial charge in [-0.1, -0.05) is 12.1 Å². The summed E-state index contributed by atoms with van der Waals surface area (Å²) in [6.07, 6.45) is 3.53. The van der Waals surface area contributed by atoms with Gasteiger partial charge in [0, 0.05) is 19.5 Å². The molecule has 1 aromatic rings. The number of fused-ring (bicyclic) bond motifs is 1. The van der Waals surface area contributed by atoms with Gasteiger partial charge in [0.1, 0.15) is 12.4 Å². The second-order valence-electron chi connectivity index (χ2n) is 5.64. The Morgan fingerprint density at radius 1 is 1.24 bits per heavy atom. The van der Waals surface area contributed by atoms with Gasteiger partial charge in [0.05, 0.1) is 11.6 Å². The number of nitrogens with one attached hydrogen (secondary N) is 1. The molecule has 1 unspecified atom stereocenters. The van der Waals surface area contributed by atoms with Crippen molar-refractivity contribution >= 4 is 17.5 Å². The summed E-state index contributed by atoms with van der Waals surface area (Å²) >= 11 is 0. The van der Waals surface area contributed by atoms with E-state index in [1.807, 2.05) is 29.2 Å². The lowest BCUT2D eigenvalue weighted by Crippen LogP contribution is -2.39. The van der Waals surface area contributed by atoms with Crippen molar-refractivity contribution in [2.75, 3.05) is 25.0 Å². The zero-order valence-electron chi connectivity index (χ0n) is 12.0. The number of para-hydroxylation sites is 2. The molecule has 2 heterocycles. The Morgan fingerprint density at radius 3 is 2.81 bits per heavy atom. The van der Waals surface area contributed by atoms with Gasteiger partial charge in [-0.15, -0.1) is 0 Å². The standard InChI is InChI=1S/C16H20N2O3/c19-15(18-8-4-1-5-9-18)10-12-11-21-14-7-3-2-6-13(14)17-16(12)20/h2-3,6-7,12H,1,4-5,8-11H2,(H,17,20). The number of benzene rings is 1. The summed E-state index contributed by atoms with van der Waals surface area (Å²) in [5, 5.41) is 2.85. The fourth-order valence-corrected chi connectivity index (χ4v) is 2.83. The average molecular weight is 288 g/mol. The number of hydrogen-bond acceptors (Lipinski definition) is 3. The first-order valence-electron chi connectivity index (χ1n) is 7.54. The van der Waals surface area contributed by atoms with Gasteiger partial charge in [0.15, 0.2) is 0 Å². The molecule has 5 heteroatoms. The van der Waals surface area contributed by atoms with Crippen LogP contribution < -0.4 is 10.1 Å². The van der Waals surface area contributed by atoms with Crippen molar-refractivity contribution in [3.05, 3.63) is 24.3 Å². The fraction of sp³-hybridized carbons (Fsp3) is 0.500. The number of rotatable bonds is 2. The second kappa shape index (κ2) is 6.16. The van der Waals surface area contributed by atoms with E-state index in [1.165, 1.54) is 6.42 Å². The zero-order valence-corrected chi connectivity index (χ0v) is 12.0. The van der Waals surface area contributed by atoms with Crippen LogP contribution in [0.15, 0.2) is 24.3 Å². The van der Waals surface area contributed by atoms with E-state index < -0.39 is 5.92 Å². The number of piperidine rings is 1. The number of ether oxygens (including phenoxy) is 1. The maximum atomic E-state index is 12.3. The van der Waals surface area contributed by atoms with Crippen LogP contribution in [0.5, 0.6) is 5.75 Å². The molecule has 1 fully saturated rings. The van der Waals surface area contributed by atoms with E-state index in [0.29, 0.717) is 11.4 Å². The van der Waals surface area contributed by atoms with E-state index in [4.69, 9.17) is 4.74 Å². The molecular weight excluding hydrogens is 268 g/mol. The predicted octanol–water partition coefficient (Wildman–Crippen LogP) is 2.04. The maximum Gasteiger partial charge on any atom is 0.231 e. The van der Waals surface area contributed by atoms with Gasteiger partial charge in [-0.2, -0.15) is 0 Å². The fourth-order valence-electron chi connectivity index (χ4n) is 2.83. The highest BCUT2D eigenvalue weighted by Crippen LogP contribution is 2.28. The first-order chi connectivity index (χ1) is 10.2. The van der Waals surface area contributed by atoms with Crippen LogP contribution in [0.25, 0.3) is 0 Å². The van der Waals surface area contributed by atoms with E-state index in [-0.39, 0.29) is 24.8 Å². The van der Waals surface area contributed by atoms with Crippen LogP contribution >= 0.6 is 0 Å². The molecule has 1 N–H and O–H groups in total. The Kier molecular flexibility index (Phi) is 4.08. The minimum absolute atomic E-state index is 0.0596. The van der Waals surface area contributed by atoms with Gasteiger partial charge in [-0.05, 0) is 31.4 Å². The van der Waals surface area contributed by atoms with Gasteiger partial charge >= 0.3 is 0 Å². The van der Waals surface area contributed by atoms with E-state index in [1.54, 1.807) is 0 Å². The third-order valence-corrected chi connectivity index (χ3v) is 4.09. The van der Waals surface area contributed by atoms with Crippen LogP contribution in [0.1, 0.15) is 25.7 Å². The molecule has 1 aromatic carbocycles. The molecule has 0 saturated carbocycles. The van der Waals surface area contributed by atoms with Crippen LogP contribution in [0.3, 0.4) is 0 Å². The van der Waals surface area contributed by atoms with Crippen LogP contribution in [-0.4, -0.2) is 36.4 Å². The molecule has 3 rings (SSSR count). The SMILES string of the molecule is O=C1Nc2ccccc2OCC1CC(=O)N1CCCCC1. The van der Waals surface area contributed by atoms with Crippen molar-refractivity contribution in [2.24, 2.45) is 5.92 Å². The third-order valence-electron chi connectivity index (χ3n) is 4.09. The highest BCUT2D eigenvalue weighted by atomic mass is 16.5. The Balaban J connectivity index is 1.64. The van der Waals surface area contributed by atoms with E-state index in [9.17, 15) is 9.59 Å². The second-order valence-corrected chi connectivity index (χ2v) is 5.64. The predicted molar refractivity (Wildman–Crippen MR) is 79.1 cm³/mol. The molecule has 2 aliphatic heterocycles. The number of carbonyl (C=O) groups is 2. The van der Waals surface area contributed by atoms with Crippen LogP contribution in [0.4, 0.5) is 5.69 Å². The first kappa shape index (κ1) is 13.9. The summed E-state index contributed by atoms with van der Waals surface area (Å²) in [4.78, 5) is 26.4. The number of likely N-dealkylation sites (tertiary alicyclic amines) is 1. The van der Waals surface area contributed by atoms with E-state index in [2.05, 4.69) is 5.32 Å².